The Labute approximate surface area is 84.5 Å². The maximum Gasteiger partial charge on any atom is 0.319 e. The molecular formula is C10H18N2O2. The molecule has 0 radical (unpaired) electrons. The lowest BCUT2D eigenvalue weighted by Gasteiger charge is -2.05. The van der Waals surface area contributed by atoms with Gasteiger partial charge in [0.05, 0.1) is 0 Å². The Hall–Kier alpha value is -1.32. The Morgan fingerprint density at radius 3 is 2.43 bits per heavy atom. The number of carbonyl (C=O) groups excluding carboxylic acids is 2. The Morgan fingerprint density at radius 1 is 1.36 bits per heavy atom. The van der Waals surface area contributed by atoms with Crippen LogP contribution in [0.2, 0.25) is 0 Å². The fraction of sp³-hybridized carbons (Fsp3) is 0.600. The van der Waals surface area contributed by atoms with Crippen molar-refractivity contribution in [3.05, 3.63) is 11.6 Å². The second kappa shape index (κ2) is 7.12. The van der Waals surface area contributed by atoms with Crippen LogP contribution in [0, 0.1) is 0 Å². The van der Waals surface area contributed by atoms with Crippen molar-refractivity contribution in [3.63, 3.8) is 0 Å². The van der Waals surface area contributed by atoms with Crippen molar-refractivity contribution in [2.45, 2.75) is 39.5 Å². The van der Waals surface area contributed by atoms with Crippen LogP contribution in [0.3, 0.4) is 0 Å². The third kappa shape index (κ3) is 5.35. The van der Waals surface area contributed by atoms with Gasteiger partial charge in [0.1, 0.15) is 0 Å². The topological polar surface area (TPSA) is 72.2 Å². The fourth-order valence-electron chi connectivity index (χ4n) is 1.15. The summed E-state index contributed by atoms with van der Waals surface area (Å²) in [7, 11) is 0. The molecule has 0 rings (SSSR count). The average Bonchev–Trinajstić information content (AvgIpc) is 2.11. The molecule has 14 heavy (non-hydrogen) atoms. The molecule has 0 heterocycles. The smallest absolute Gasteiger partial charge is 0.319 e. The maximum atomic E-state index is 11.3. The van der Waals surface area contributed by atoms with E-state index in [1.807, 2.05) is 0 Å². The number of amides is 3. The van der Waals surface area contributed by atoms with Gasteiger partial charge in [-0.25, -0.2) is 4.79 Å². The Morgan fingerprint density at radius 2 is 2.00 bits per heavy atom. The molecule has 0 saturated carbocycles. The molecule has 80 valence electrons. The number of primary amides is 1. The lowest BCUT2D eigenvalue weighted by Crippen LogP contribution is -2.35. The third-order valence-electron chi connectivity index (χ3n) is 1.93. The zero-order valence-electron chi connectivity index (χ0n) is 8.80. The molecule has 3 amide bonds. The Kier molecular flexibility index (Phi) is 6.45. The molecule has 0 unspecified atom stereocenters. The van der Waals surface area contributed by atoms with E-state index in [1.54, 1.807) is 13.0 Å². The van der Waals surface area contributed by atoms with Crippen LogP contribution in [0.25, 0.3) is 0 Å². The van der Waals surface area contributed by atoms with E-state index in [9.17, 15) is 9.59 Å². The van der Waals surface area contributed by atoms with E-state index in [0.717, 1.165) is 19.3 Å². The molecule has 0 atom stereocenters. The molecular weight excluding hydrogens is 180 g/mol. The molecule has 4 nitrogen and oxygen atoms in total. The van der Waals surface area contributed by atoms with Crippen molar-refractivity contribution < 1.29 is 9.59 Å². The van der Waals surface area contributed by atoms with Crippen LogP contribution in [-0.2, 0) is 4.79 Å². The van der Waals surface area contributed by atoms with Gasteiger partial charge in [-0.1, -0.05) is 25.8 Å². The van der Waals surface area contributed by atoms with Crippen LogP contribution < -0.4 is 11.1 Å². The highest BCUT2D eigenvalue weighted by Crippen LogP contribution is 2.08. The van der Waals surface area contributed by atoms with Gasteiger partial charge in [-0.05, 0) is 19.8 Å². The SMILES string of the molecule is C/C=C(/CCCCC)C(=O)NC(N)=O. The molecule has 0 aliphatic carbocycles. The molecule has 0 aromatic heterocycles. The number of nitrogens with two attached hydrogens (primary N) is 1. The lowest BCUT2D eigenvalue weighted by molar-refractivity contribution is -0.116. The molecule has 4 heteroatoms. The van der Waals surface area contributed by atoms with E-state index in [-0.39, 0.29) is 5.91 Å². The van der Waals surface area contributed by atoms with E-state index in [2.05, 4.69) is 12.2 Å². The summed E-state index contributed by atoms with van der Waals surface area (Å²) in [6.07, 6.45) is 5.56. The summed E-state index contributed by atoms with van der Waals surface area (Å²) in [6, 6.07) is -0.801. The Bertz CT molecular complexity index is 234. The van der Waals surface area contributed by atoms with E-state index in [0.29, 0.717) is 12.0 Å². The first-order valence-corrected chi connectivity index (χ1v) is 4.87. The van der Waals surface area contributed by atoms with Gasteiger partial charge in [0, 0.05) is 5.57 Å². The predicted octanol–water partition coefficient (Wildman–Crippen LogP) is 1.71. The zero-order valence-corrected chi connectivity index (χ0v) is 8.80. The number of hydrogen-bond donors (Lipinski definition) is 2. The van der Waals surface area contributed by atoms with Gasteiger partial charge in [-0.15, -0.1) is 0 Å². The number of nitrogens with one attached hydrogen (secondary N) is 1. The fourth-order valence-corrected chi connectivity index (χ4v) is 1.15. The summed E-state index contributed by atoms with van der Waals surface area (Å²) < 4.78 is 0. The number of allylic oxidation sites excluding steroid dienone is 1. The summed E-state index contributed by atoms with van der Waals surface area (Å²) >= 11 is 0. The van der Waals surface area contributed by atoms with Gasteiger partial charge >= 0.3 is 6.03 Å². The van der Waals surface area contributed by atoms with Crippen LogP contribution in [0.4, 0.5) is 4.79 Å². The van der Waals surface area contributed by atoms with Crippen molar-refractivity contribution in [2.75, 3.05) is 0 Å². The quantitative estimate of drug-likeness (QED) is 0.521. The number of hydrogen-bond acceptors (Lipinski definition) is 2. The zero-order chi connectivity index (χ0) is 11.0. The van der Waals surface area contributed by atoms with Gasteiger partial charge in [0.15, 0.2) is 0 Å². The minimum absolute atomic E-state index is 0.379. The first kappa shape index (κ1) is 12.7. The highest BCUT2D eigenvalue weighted by atomic mass is 16.2. The van der Waals surface area contributed by atoms with Crippen LogP contribution in [0.5, 0.6) is 0 Å². The number of rotatable bonds is 5. The van der Waals surface area contributed by atoms with Gasteiger partial charge in [0.2, 0.25) is 0 Å². The molecule has 0 spiro atoms. The summed E-state index contributed by atoms with van der Waals surface area (Å²) in [6.45, 7) is 3.88. The van der Waals surface area contributed by atoms with E-state index >= 15 is 0 Å². The number of unbranched alkanes of at least 4 members (excludes halogenated alkanes) is 2. The minimum Gasteiger partial charge on any atom is -0.351 e. The molecule has 0 aromatic rings. The summed E-state index contributed by atoms with van der Waals surface area (Å²) in [4.78, 5) is 21.7. The molecule has 0 fully saturated rings. The van der Waals surface area contributed by atoms with Crippen LogP contribution in [0.1, 0.15) is 39.5 Å². The standard InChI is InChI=1S/C10H18N2O2/c1-3-5-6-7-8(4-2)9(13)12-10(11)14/h4H,3,5-7H2,1-2H3,(H3,11,12,13,14)/b8-4-. The van der Waals surface area contributed by atoms with E-state index in [1.165, 1.54) is 0 Å². The number of imide groups is 1. The van der Waals surface area contributed by atoms with Crippen molar-refractivity contribution in [1.29, 1.82) is 0 Å². The normalized spacial score (nSPS) is 11.1. The van der Waals surface area contributed by atoms with Crippen molar-refractivity contribution in [3.8, 4) is 0 Å². The van der Waals surface area contributed by atoms with Gasteiger partial charge in [-0.3, -0.25) is 10.1 Å². The lowest BCUT2D eigenvalue weighted by atomic mass is 10.1. The summed E-state index contributed by atoms with van der Waals surface area (Å²) in [5.74, 6) is -0.379. The monoisotopic (exact) mass is 198 g/mol. The van der Waals surface area contributed by atoms with Gasteiger partial charge in [0.25, 0.3) is 5.91 Å². The highest BCUT2D eigenvalue weighted by molar-refractivity contribution is 6.03. The van der Waals surface area contributed by atoms with Crippen LogP contribution >= 0.6 is 0 Å². The van der Waals surface area contributed by atoms with Crippen molar-refractivity contribution in [2.24, 2.45) is 5.73 Å². The minimum atomic E-state index is -0.801. The Balaban J connectivity index is 4.01. The molecule has 0 aromatic carbocycles. The third-order valence-corrected chi connectivity index (χ3v) is 1.93. The molecule has 3 N–H and O–H groups in total. The first-order valence-electron chi connectivity index (χ1n) is 4.87. The number of urea groups is 1. The average molecular weight is 198 g/mol. The highest BCUT2D eigenvalue weighted by Gasteiger charge is 2.09. The van der Waals surface area contributed by atoms with Crippen LogP contribution in [-0.4, -0.2) is 11.9 Å². The van der Waals surface area contributed by atoms with Gasteiger partial charge < -0.3 is 5.73 Å². The summed E-state index contributed by atoms with van der Waals surface area (Å²) in [5.41, 5.74) is 5.47. The predicted molar refractivity (Wildman–Crippen MR) is 55.6 cm³/mol. The van der Waals surface area contributed by atoms with Crippen molar-refractivity contribution >= 4 is 11.9 Å². The molecule has 0 aliphatic heterocycles. The first-order chi connectivity index (χ1) is 6.61. The second-order valence-electron chi connectivity index (χ2n) is 3.09. The molecule has 0 bridgehead atoms. The number of carbonyl (C=O) groups is 2. The van der Waals surface area contributed by atoms with E-state index < -0.39 is 6.03 Å². The largest absolute Gasteiger partial charge is 0.351 e. The van der Waals surface area contributed by atoms with Crippen LogP contribution in [0.15, 0.2) is 11.6 Å². The molecule has 0 aliphatic rings. The second-order valence-corrected chi connectivity index (χ2v) is 3.09. The van der Waals surface area contributed by atoms with E-state index in [4.69, 9.17) is 5.73 Å². The van der Waals surface area contributed by atoms with Gasteiger partial charge in [-0.2, -0.15) is 0 Å². The maximum absolute atomic E-state index is 11.3. The molecule has 0 saturated heterocycles. The van der Waals surface area contributed by atoms with Crippen molar-refractivity contribution in [1.82, 2.24) is 5.32 Å². The summed E-state index contributed by atoms with van der Waals surface area (Å²) in [5, 5.41) is 2.05.